The maximum absolute atomic E-state index is 9.17. The van der Waals surface area contributed by atoms with E-state index in [0.717, 1.165) is 0 Å². The first-order valence-electron chi connectivity index (χ1n) is 3.64. The zero-order valence-corrected chi connectivity index (χ0v) is 10.7. The topological polar surface area (TPSA) is 58.9 Å². The molecule has 0 bridgehead atoms. The number of hydrogen-bond acceptors (Lipinski definition) is 4. The van der Waals surface area contributed by atoms with Gasteiger partial charge in [-0.3, -0.25) is 0 Å². The molecular weight excluding hydrogens is 196 g/mol. The Hall–Kier alpha value is 0.491. The second kappa shape index (κ2) is 4.50. The Balaban J connectivity index is 3.79. The Morgan fingerprint density at radius 3 is 1.36 bits per heavy atom. The lowest BCUT2D eigenvalue weighted by Crippen LogP contribution is -2.48. The van der Waals surface area contributed by atoms with E-state index in [-0.39, 0.29) is 0 Å². The van der Waals surface area contributed by atoms with Crippen LogP contribution in [0.15, 0.2) is 0 Å². The van der Waals surface area contributed by atoms with Gasteiger partial charge in [0, 0.05) is 0 Å². The van der Waals surface area contributed by atoms with Crippen molar-refractivity contribution in [3.63, 3.8) is 0 Å². The van der Waals surface area contributed by atoms with Crippen LogP contribution in [0.3, 0.4) is 0 Å². The van der Waals surface area contributed by atoms with Crippen molar-refractivity contribution < 1.29 is 17.8 Å². The normalized spacial score (nSPS) is 13.1. The minimum Gasteiger partial charge on any atom is -0.398 e. The summed E-state index contributed by atoms with van der Waals surface area (Å²) in [5, 5.41) is 0. The second-order valence-electron chi connectivity index (χ2n) is 2.88. The molecule has 0 rings (SSSR count). The fourth-order valence-corrected chi connectivity index (χ4v) is 6.28. The van der Waals surface area contributed by atoms with Crippen LogP contribution in [0.25, 0.3) is 0 Å². The smallest absolute Gasteiger partial charge is 0.398 e. The Morgan fingerprint density at radius 2 is 1.18 bits per heavy atom. The van der Waals surface area contributed by atoms with E-state index in [9.17, 15) is 9.59 Å². The Labute approximate surface area is 71.7 Å². The first-order chi connectivity index (χ1) is 4.83. The van der Waals surface area contributed by atoms with Crippen molar-refractivity contribution in [3.05, 3.63) is 0 Å². The van der Waals surface area contributed by atoms with Gasteiger partial charge in [-0.2, -0.15) is 0 Å². The molecule has 0 amide bonds. The first-order valence-corrected chi connectivity index (χ1v) is 10.9. The van der Waals surface area contributed by atoms with Crippen molar-refractivity contribution in [2.45, 2.75) is 26.2 Å². The molecule has 0 radical (unpaired) electrons. The van der Waals surface area contributed by atoms with Crippen LogP contribution in [0, 0.1) is 0 Å². The van der Waals surface area contributed by atoms with Crippen molar-refractivity contribution in [3.8, 4) is 0 Å². The molecule has 0 saturated carbocycles. The van der Waals surface area contributed by atoms with Gasteiger partial charge >= 0.3 is 9.05 Å². The molecule has 0 saturated heterocycles. The van der Waals surface area contributed by atoms with E-state index in [2.05, 4.69) is 0 Å². The summed E-state index contributed by atoms with van der Waals surface area (Å²) in [5.74, 6) is 0. The molecule has 0 spiro atoms. The van der Waals surface area contributed by atoms with Gasteiger partial charge in [0.25, 0.3) is 0 Å². The predicted octanol–water partition coefficient (Wildman–Crippen LogP) is -0.593. The molecule has 0 heterocycles. The highest BCUT2D eigenvalue weighted by atomic mass is 28.5. The molecule has 2 N–H and O–H groups in total. The van der Waals surface area contributed by atoms with E-state index in [1.807, 2.05) is 26.2 Å². The fourth-order valence-electron chi connectivity index (χ4n) is 0.642. The summed E-state index contributed by atoms with van der Waals surface area (Å²) in [6, 6.07) is 0. The second-order valence-corrected chi connectivity index (χ2v) is 10.1. The zero-order chi connectivity index (χ0) is 9.07. The molecule has 0 aliphatic carbocycles. The highest BCUT2D eigenvalue weighted by Crippen LogP contribution is 2.02. The maximum Gasteiger partial charge on any atom is 0.652 e. The van der Waals surface area contributed by atoms with Gasteiger partial charge in [-0.15, -0.1) is 0 Å². The lowest BCUT2D eigenvalue weighted by Gasteiger charge is -2.21. The summed E-state index contributed by atoms with van der Waals surface area (Å²) in [7, 11) is -6.50. The van der Waals surface area contributed by atoms with E-state index in [1.165, 1.54) is 0 Å². The summed E-state index contributed by atoms with van der Waals surface area (Å²) < 4.78 is 9.90. The van der Waals surface area contributed by atoms with Crippen molar-refractivity contribution >= 4 is 27.1 Å². The van der Waals surface area contributed by atoms with E-state index in [1.54, 1.807) is 0 Å². The van der Waals surface area contributed by atoms with Crippen molar-refractivity contribution in [1.29, 1.82) is 0 Å². The summed E-state index contributed by atoms with van der Waals surface area (Å²) in [4.78, 5) is 18.3. The third kappa shape index (κ3) is 6.87. The number of rotatable bonds is 4. The maximum atomic E-state index is 9.17. The van der Waals surface area contributed by atoms with Crippen molar-refractivity contribution in [1.82, 2.24) is 0 Å². The van der Waals surface area contributed by atoms with Crippen LogP contribution in [-0.2, 0) is 8.23 Å². The molecular formula is C4H16O4Si3. The zero-order valence-electron chi connectivity index (χ0n) is 7.37. The molecule has 4 nitrogen and oxygen atoms in total. The van der Waals surface area contributed by atoms with Crippen LogP contribution in [0.5, 0.6) is 0 Å². The Kier molecular flexibility index (Phi) is 4.70. The van der Waals surface area contributed by atoms with Gasteiger partial charge in [0.05, 0.1) is 0 Å². The third-order valence-electron chi connectivity index (χ3n) is 0.778. The summed E-state index contributed by atoms with van der Waals surface area (Å²) >= 11 is 0. The first kappa shape index (κ1) is 11.5. The van der Waals surface area contributed by atoms with Gasteiger partial charge in [-0.1, -0.05) is 0 Å². The highest BCUT2D eigenvalue weighted by Gasteiger charge is 2.37. The molecule has 0 unspecified atom stereocenters. The molecule has 0 atom stereocenters. The molecule has 7 heteroatoms. The van der Waals surface area contributed by atoms with Gasteiger partial charge in [-0.25, -0.2) is 0 Å². The Bertz CT molecular complexity index is 104. The quantitative estimate of drug-likeness (QED) is 0.612. The molecule has 0 aromatic carbocycles. The van der Waals surface area contributed by atoms with Gasteiger partial charge in [0.2, 0.25) is 0 Å². The standard InChI is InChI=1S/C4H16O4Si3/c1-9(2)7-11(5,6)8-10(3)4/h5-6,9-10H,1-4H3. The van der Waals surface area contributed by atoms with Crippen molar-refractivity contribution in [2.75, 3.05) is 0 Å². The summed E-state index contributed by atoms with van der Waals surface area (Å²) in [6.07, 6.45) is 0. The molecule has 68 valence electrons. The monoisotopic (exact) mass is 212 g/mol. The van der Waals surface area contributed by atoms with E-state index >= 15 is 0 Å². The summed E-state index contributed by atoms with van der Waals surface area (Å²) in [5.41, 5.74) is 0. The Morgan fingerprint density at radius 1 is 0.909 bits per heavy atom. The SMILES string of the molecule is C[SiH](C)O[Si](O)(O)O[SiH](C)C. The van der Waals surface area contributed by atoms with Crippen molar-refractivity contribution in [2.24, 2.45) is 0 Å². The van der Waals surface area contributed by atoms with Crippen LogP contribution in [0.1, 0.15) is 0 Å². The van der Waals surface area contributed by atoms with Gasteiger partial charge < -0.3 is 17.8 Å². The number of hydrogen-bond donors (Lipinski definition) is 2. The van der Waals surface area contributed by atoms with E-state index in [0.29, 0.717) is 0 Å². The molecule has 11 heavy (non-hydrogen) atoms. The minimum absolute atomic E-state index is 1.40. The summed E-state index contributed by atoms with van der Waals surface area (Å²) in [6.45, 7) is 7.50. The van der Waals surface area contributed by atoms with Crippen LogP contribution >= 0.6 is 0 Å². The van der Waals surface area contributed by atoms with E-state index in [4.69, 9.17) is 8.23 Å². The fraction of sp³-hybridized carbons (Fsp3) is 1.00. The average molecular weight is 212 g/mol. The third-order valence-corrected chi connectivity index (χ3v) is 7.01. The average Bonchev–Trinajstić information content (AvgIpc) is 1.53. The molecule has 0 aliphatic heterocycles. The van der Waals surface area contributed by atoms with Crippen LogP contribution < -0.4 is 0 Å². The van der Waals surface area contributed by atoms with Gasteiger partial charge in [0.15, 0.2) is 18.1 Å². The highest BCUT2D eigenvalue weighted by molar-refractivity contribution is 6.70. The molecule has 0 aromatic heterocycles. The lowest BCUT2D eigenvalue weighted by molar-refractivity contribution is 0.140. The van der Waals surface area contributed by atoms with Crippen LogP contribution in [-0.4, -0.2) is 36.7 Å². The largest absolute Gasteiger partial charge is 0.652 e. The van der Waals surface area contributed by atoms with Crippen LogP contribution in [0.2, 0.25) is 26.2 Å². The minimum atomic E-state index is -3.71. The predicted molar refractivity (Wildman–Crippen MR) is 50.1 cm³/mol. The van der Waals surface area contributed by atoms with Crippen LogP contribution in [0.4, 0.5) is 0 Å². The lowest BCUT2D eigenvalue weighted by atomic mass is 11.9. The van der Waals surface area contributed by atoms with Gasteiger partial charge in [0.1, 0.15) is 0 Å². The van der Waals surface area contributed by atoms with Gasteiger partial charge in [-0.05, 0) is 26.2 Å². The molecule has 0 aromatic rings. The van der Waals surface area contributed by atoms with E-state index < -0.39 is 27.1 Å². The molecule has 0 aliphatic rings. The molecule has 0 fully saturated rings.